The van der Waals surface area contributed by atoms with Crippen LogP contribution in [0.3, 0.4) is 0 Å². The van der Waals surface area contributed by atoms with E-state index in [1.807, 2.05) is 67.6 Å². The van der Waals surface area contributed by atoms with Crippen LogP contribution in [0.4, 0.5) is 0 Å². The van der Waals surface area contributed by atoms with Crippen LogP contribution < -0.4 is 14.2 Å². The van der Waals surface area contributed by atoms with E-state index in [0.29, 0.717) is 73.2 Å². The highest BCUT2D eigenvalue weighted by Gasteiger charge is 2.32. The first-order valence-electron chi connectivity index (χ1n) is 20.3. The zero-order chi connectivity index (χ0) is 41.9. The van der Waals surface area contributed by atoms with Crippen molar-refractivity contribution in [3.8, 4) is 51.3 Å². The minimum Gasteiger partial charge on any atom is -0.491 e. The number of ether oxygens (including phenoxy) is 3. The molecule has 312 valence electrons. The fourth-order valence-corrected chi connectivity index (χ4v) is 8.35. The van der Waals surface area contributed by atoms with Crippen molar-refractivity contribution in [1.29, 1.82) is 0 Å². The summed E-state index contributed by atoms with van der Waals surface area (Å²) < 4.78 is 30.6. The van der Waals surface area contributed by atoms with E-state index in [2.05, 4.69) is 36.2 Å². The number of halogens is 1. The number of carboxylic acids is 1. The van der Waals surface area contributed by atoms with Crippen molar-refractivity contribution < 1.29 is 28.5 Å². The van der Waals surface area contributed by atoms with Crippen LogP contribution in [0.2, 0.25) is 5.02 Å². The second-order valence-corrected chi connectivity index (χ2v) is 16.6. The predicted octanol–water partition coefficient (Wildman–Crippen LogP) is 8.59. The third-order valence-electron chi connectivity index (χ3n) is 11.1. The average molecular weight is 858 g/mol. The second kappa shape index (κ2) is 18.0. The highest BCUT2D eigenvalue weighted by Crippen LogP contribution is 2.47. The van der Waals surface area contributed by atoms with Gasteiger partial charge in [0.15, 0.2) is 17.5 Å². The topological polar surface area (TPSA) is 149 Å². The number of aliphatic carboxylic acids is 1. The Hall–Kier alpha value is -5.93. The summed E-state index contributed by atoms with van der Waals surface area (Å²) in [4.78, 5) is 36.3. The molecule has 0 amide bonds. The van der Waals surface area contributed by atoms with E-state index in [0.717, 1.165) is 62.3 Å². The number of fused-ring (bicyclic) bond motifs is 1. The van der Waals surface area contributed by atoms with Crippen molar-refractivity contribution in [3.63, 3.8) is 0 Å². The molecule has 7 aromatic rings. The fraction of sp³-hybridized carbons (Fsp3) is 0.304. The predicted molar refractivity (Wildman–Crippen MR) is 233 cm³/mol. The van der Waals surface area contributed by atoms with Gasteiger partial charge in [0, 0.05) is 68.6 Å². The Morgan fingerprint density at radius 2 is 1.75 bits per heavy atom. The van der Waals surface area contributed by atoms with Gasteiger partial charge in [0.25, 0.3) is 0 Å². The molecule has 15 heteroatoms. The lowest BCUT2D eigenvalue weighted by molar-refractivity contribution is -0.145. The van der Waals surface area contributed by atoms with Crippen molar-refractivity contribution >= 4 is 39.2 Å². The first kappa shape index (κ1) is 40.5. The lowest BCUT2D eigenvalue weighted by Gasteiger charge is -2.32. The van der Waals surface area contributed by atoms with Crippen molar-refractivity contribution in [3.05, 3.63) is 119 Å². The summed E-state index contributed by atoms with van der Waals surface area (Å²) in [7, 11) is 2.14. The molecule has 5 heterocycles. The molecule has 1 atom stereocenters. The van der Waals surface area contributed by atoms with E-state index in [9.17, 15) is 9.90 Å². The molecule has 2 fully saturated rings. The number of nitrogens with zero attached hydrogens (tertiary/aromatic N) is 7. The minimum atomic E-state index is -1.32. The third-order valence-corrected chi connectivity index (χ3v) is 12.3. The number of carboxylic acid groups (broad SMARTS) is 1. The van der Waals surface area contributed by atoms with Crippen LogP contribution in [0.1, 0.15) is 41.5 Å². The number of hydrogen-bond acceptors (Lipinski definition) is 13. The Labute approximate surface area is 362 Å². The van der Waals surface area contributed by atoms with Crippen molar-refractivity contribution in [2.45, 2.75) is 44.8 Å². The van der Waals surface area contributed by atoms with Gasteiger partial charge < -0.3 is 28.6 Å². The smallest absolute Gasteiger partial charge is 0.345 e. The summed E-state index contributed by atoms with van der Waals surface area (Å²) in [5.41, 5.74) is 4.90. The van der Waals surface area contributed by atoms with Crippen LogP contribution in [0, 0.1) is 6.92 Å². The Bertz CT molecular complexity index is 2660. The molecule has 1 N–H and O–H groups in total. The molecular weight excluding hydrogens is 814 g/mol. The lowest BCUT2D eigenvalue weighted by Crippen LogP contribution is -2.45. The molecule has 1 unspecified atom stereocenters. The SMILES string of the molecule is Cc1c(-c2c(-c3cnc(C4CC4)o3)ncc3snc(OC(Cc4ccccc4OCc4ccnc(-c5ccccc5)n4)C(=O)O)c23)ccc(OCCN2CCN(C)CC2)c1Cl. The van der Waals surface area contributed by atoms with Crippen molar-refractivity contribution in [2.75, 3.05) is 46.4 Å². The fourth-order valence-electron chi connectivity index (χ4n) is 7.44. The zero-order valence-corrected chi connectivity index (χ0v) is 35.4. The van der Waals surface area contributed by atoms with Crippen LogP contribution in [0.15, 0.2) is 95.8 Å². The molecule has 1 aliphatic heterocycles. The monoisotopic (exact) mass is 857 g/mol. The van der Waals surface area contributed by atoms with Gasteiger partial charge in [0.05, 0.1) is 27.0 Å². The number of para-hydroxylation sites is 1. The highest BCUT2D eigenvalue weighted by molar-refractivity contribution is 7.13. The quantitative estimate of drug-likeness (QED) is 0.0990. The van der Waals surface area contributed by atoms with Gasteiger partial charge in [0.2, 0.25) is 12.0 Å². The van der Waals surface area contributed by atoms with Crippen LogP contribution in [0.5, 0.6) is 17.4 Å². The van der Waals surface area contributed by atoms with Crippen molar-refractivity contribution in [1.82, 2.24) is 34.1 Å². The Morgan fingerprint density at radius 1 is 0.951 bits per heavy atom. The molecule has 0 bridgehead atoms. The first-order valence-corrected chi connectivity index (χ1v) is 21.5. The van der Waals surface area contributed by atoms with E-state index >= 15 is 0 Å². The van der Waals surface area contributed by atoms with Crippen molar-refractivity contribution in [2.24, 2.45) is 0 Å². The number of oxazole rings is 1. The highest BCUT2D eigenvalue weighted by atomic mass is 35.5. The summed E-state index contributed by atoms with van der Waals surface area (Å²) in [5.74, 6) is 2.13. The van der Waals surface area contributed by atoms with Gasteiger partial charge in [-0.15, -0.1) is 0 Å². The number of rotatable bonds is 16. The molecule has 1 aliphatic carbocycles. The van der Waals surface area contributed by atoms with E-state index in [1.165, 1.54) is 11.5 Å². The second-order valence-electron chi connectivity index (χ2n) is 15.4. The number of piperazine rings is 1. The average Bonchev–Trinajstić information content (AvgIpc) is 3.87. The molecule has 61 heavy (non-hydrogen) atoms. The molecule has 2 aliphatic rings. The molecule has 4 aromatic heterocycles. The van der Waals surface area contributed by atoms with Crippen LogP contribution in [-0.2, 0) is 17.8 Å². The molecule has 0 radical (unpaired) electrons. The number of pyridine rings is 1. The van der Waals surface area contributed by atoms with Gasteiger partial charge in [-0.05, 0) is 73.2 Å². The minimum absolute atomic E-state index is 0.00525. The van der Waals surface area contributed by atoms with E-state index < -0.39 is 12.1 Å². The van der Waals surface area contributed by atoms with Gasteiger partial charge in [-0.25, -0.2) is 19.7 Å². The molecular formula is C46H44ClN7O6S. The normalized spacial score (nSPS) is 15.2. The van der Waals surface area contributed by atoms with Gasteiger partial charge in [-0.1, -0.05) is 66.2 Å². The van der Waals surface area contributed by atoms with Gasteiger partial charge >= 0.3 is 5.97 Å². The number of hydrogen-bond donors (Lipinski definition) is 1. The van der Waals surface area contributed by atoms with Gasteiger partial charge in [-0.2, -0.15) is 4.37 Å². The number of aromatic nitrogens is 5. The molecule has 3 aromatic carbocycles. The van der Waals surface area contributed by atoms with E-state index in [4.69, 9.17) is 35.2 Å². The van der Waals surface area contributed by atoms with E-state index in [-0.39, 0.29) is 24.8 Å². The molecule has 1 saturated heterocycles. The number of carbonyl (C=O) groups is 1. The van der Waals surface area contributed by atoms with Gasteiger partial charge in [-0.3, -0.25) is 9.88 Å². The summed E-state index contributed by atoms with van der Waals surface area (Å²) >= 11 is 8.27. The Morgan fingerprint density at radius 3 is 2.56 bits per heavy atom. The van der Waals surface area contributed by atoms with Crippen LogP contribution in [0.25, 0.3) is 44.1 Å². The summed E-state index contributed by atoms with van der Waals surface area (Å²) in [5, 5.41) is 11.7. The van der Waals surface area contributed by atoms with Crippen LogP contribution >= 0.6 is 23.1 Å². The maximum atomic E-state index is 13.0. The van der Waals surface area contributed by atoms with E-state index in [1.54, 1.807) is 30.7 Å². The molecule has 0 spiro atoms. The summed E-state index contributed by atoms with van der Waals surface area (Å²) in [6.07, 6.45) is 5.82. The maximum absolute atomic E-state index is 13.0. The number of benzene rings is 3. The standard InChI is InChI=1S/C46H44ClN7O6S/c1-28-33(14-15-35(41(28)47)57-23-22-54-20-18-53(2)19-21-54)39-40-38(26-49-42(39)37-25-50-44(60-37)30-12-13-30)61-52-45(40)59-36(46(55)56)24-31-10-6-7-11-34(31)58-27-32-16-17-48-43(51-32)29-8-4-3-5-9-29/h3-11,14-17,25-26,30,36H,12-13,18-24,27H2,1-2H3,(H,55,56). The Balaban J connectivity index is 1.01. The Kier molecular flexibility index (Phi) is 11.9. The largest absolute Gasteiger partial charge is 0.491 e. The maximum Gasteiger partial charge on any atom is 0.345 e. The molecule has 9 rings (SSSR count). The molecule has 13 nitrogen and oxygen atoms in total. The van der Waals surface area contributed by atoms with Crippen LogP contribution in [-0.4, -0.2) is 97.7 Å². The summed E-state index contributed by atoms with van der Waals surface area (Å²) in [6, 6.07) is 22.7. The third kappa shape index (κ3) is 9.08. The van der Waals surface area contributed by atoms with Gasteiger partial charge in [0.1, 0.15) is 30.4 Å². The molecule has 1 saturated carbocycles. The zero-order valence-electron chi connectivity index (χ0n) is 33.8. The number of likely N-dealkylation sites (N-methyl/N-ethyl adjacent to an activating group) is 1. The lowest BCUT2D eigenvalue weighted by atomic mass is 9.95. The first-order chi connectivity index (χ1) is 29.8. The summed E-state index contributed by atoms with van der Waals surface area (Å²) in [6.45, 7) is 7.44.